The van der Waals surface area contributed by atoms with Gasteiger partial charge in [-0.3, -0.25) is 4.79 Å². The number of ether oxygens (including phenoxy) is 5. The maximum absolute atomic E-state index is 13.4. The van der Waals surface area contributed by atoms with Gasteiger partial charge in [-0.2, -0.15) is 0 Å². The molecule has 0 aromatic heterocycles. The molecule has 0 bridgehead atoms. The number of carbonyl (C=O) groups is 4. The van der Waals surface area contributed by atoms with Crippen molar-refractivity contribution >= 4 is 35.9 Å². The van der Waals surface area contributed by atoms with Crippen LogP contribution in [0.2, 0.25) is 0 Å². The Morgan fingerprint density at radius 1 is 0.809 bits per heavy atom. The molecule has 0 aliphatic rings. The number of benzene rings is 3. The molecule has 0 fully saturated rings. The van der Waals surface area contributed by atoms with Crippen molar-refractivity contribution in [2.24, 2.45) is 0 Å². The highest BCUT2D eigenvalue weighted by atomic mass is 16.7. The van der Waals surface area contributed by atoms with E-state index >= 15 is 0 Å². The molecule has 0 atom stereocenters. The second-order valence-corrected chi connectivity index (χ2v) is 9.93. The van der Waals surface area contributed by atoms with Crippen molar-refractivity contribution in [3.63, 3.8) is 0 Å². The van der Waals surface area contributed by atoms with Gasteiger partial charge >= 0.3 is 18.2 Å². The minimum atomic E-state index is -1.09. The molecular weight excluding hydrogens is 608 g/mol. The summed E-state index contributed by atoms with van der Waals surface area (Å²) in [5.74, 6) is -1.08. The molecule has 3 aromatic carbocycles. The van der Waals surface area contributed by atoms with E-state index < -0.39 is 18.2 Å². The lowest BCUT2D eigenvalue weighted by Gasteiger charge is -2.26. The third kappa shape index (κ3) is 12.6. The van der Waals surface area contributed by atoms with E-state index in [1.807, 2.05) is 42.5 Å². The van der Waals surface area contributed by atoms with Gasteiger partial charge < -0.3 is 39.0 Å². The molecule has 250 valence electrons. The quantitative estimate of drug-likeness (QED) is 0.0971. The third-order valence-corrected chi connectivity index (χ3v) is 6.77. The molecular formula is C35H40N2O10. The van der Waals surface area contributed by atoms with Crippen molar-refractivity contribution in [3.05, 3.63) is 102 Å². The van der Waals surface area contributed by atoms with Crippen LogP contribution < -0.4 is 15.0 Å². The molecule has 0 heterocycles. The van der Waals surface area contributed by atoms with Gasteiger partial charge in [0.05, 0.1) is 44.2 Å². The number of hydrogen-bond acceptors (Lipinski definition) is 9. The second kappa shape index (κ2) is 20.0. The fourth-order valence-electron chi connectivity index (χ4n) is 4.39. The molecule has 3 aromatic rings. The number of carbonyl (C=O) groups excluding carboxylic acids is 3. The van der Waals surface area contributed by atoms with Gasteiger partial charge in [0, 0.05) is 13.0 Å². The number of alkyl carbamates (subject to hydrolysis) is 1. The summed E-state index contributed by atoms with van der Waals surface area (Å²) >= 11 is 0. The van der Waals surface area contributed by atoms with E-state index in [4.69, 9.17) is 28.8 Å². The predicted molar refractivity (Wildman–Crippen MR) is 175 cm³/mol. The predicted octanol–water partition coefficient (Wildman–Crippen LogP) is 5.49. The molecule has 3 rings (SSSR count). The summed E-state index contributed by atoms with van der Waals surface area (Å²) in [6, 6.07) is 20.9. The lowest BCUT2D eigenvalue weighted by Crippen LogP contribution is -2.35. The lowest BCUT2D eigenvalue weighted by atomic mass is 10.0. The second-order valence-electron chi connectivity index (χ2n) is 9.93. The molecule has 0 saturated carbocycles. The number of anilines is 1. The van der Waals surface area contributed by atoms with Crippen molar-refractivity contribution in [3.8, 4) is 5.75 Å². The zero-order valence-electron chi connectivity index (χ0n) is 26.4. The van der Waals surface area contributed by atoms with Crippen molar-refractivity contribution in [1.29, 1.82) is 0 Å². The van der Waals surface area contributed by atoms with Crippen LogP contribution in [-0.4, -0.2) is 75.4 Å². The SMILES string of the molecule is C=Cc1ccccc1N(Cc1ccccc1CC)C(=O)CCNC(=O)OCCOCCOCCOC(=O)Oc1ccc(C(=O)O)cc1. The summed E-state index contributed by atoms with van der Waals surface area (Å²) in [7, 11) is 0. The smallest absolute Gasteiger partial charge is 0.478 e. The molecule has 12 heteroatoms. The van der Waals surface area contributed by atoms with E-state index in [1.54, 1.807) is 11.0 Å². The van der Waals surface area contributed by atoms with Crippen molar-refractivity contribution < 1.29 is 48.0 Å². The standard InChI is InChI=1S/C35H40N2O10/c1-3-26-9-5-6-11-29(26)25-37(31-12-8-7-10-27(31)4-2)32(38)17-18-36-34(41)45-23-21-43-19-20-44-22-24-46-35(42)47-30-15-13-28(14-16-30)33(39)40/h4-16H,2-3,17-25H2,1H3,(H,36,41)(H,39,40). The summed E-state index contributed by atoms with van der Waals surface area (Å²) in [5, 5.41) is 11.5. The van der Waals surface area contributed by atoms with Crippen molar-refractivity contribution in [1.82, 2.24) is 5.32 Å². The lowest BCUT2D eigenvalue weighted by molar-refractivity contribution is -0.118. The van der Waals surface area contributed by atoms with Gasteiger partial charge in [-0.15, -0.1) is 0 Å². The minimum absolute atomic E-state index is 0.00874. The summed E-state index contributed by atoms with van der Waals surface area (Å²) in [4.78, 5) is 49.8. The molecule has 12 nitrogen and oxygen atoms in total. The topological polar surface area (TPSA) is 150 Å². The Morgan fingerprint density at radius 3 is 2.09 bits per heavy atom. The van der Waals surface area contributed by atoms with Crippen molar-refractivity contribution in [2.75, 3.05) is 51.1 Å². The zero-order valence-corrected chi connectivity index (χ0v) is 26.4. The number of carboxylic acid groups (broad SMARTS) is 1. The summed E-state index contributed by atoms with van der Waals surface area (Å²) in [5.41, 5.74) is 3.87. The molecule has 0 spiro atoms. The Hall–Kier alpha value is -5.20. The summed E-state index contributed by atoms with van der Waals surface area (Å²) in [6.07, 6.45) is 1.03. The Morgan fingerprint density at radius 2 is 1.43 bits per heavy atom. The van der Waals surface area contributed by atoms with Crippen LogP contribution in [0, 0.1) is 0 Å². The molecule has 0 aliphatic carbocycles. The van der Waals surface area contributed by atoms with Crippen LogP contribution in [0.5, 0.6) is 5.75 Å². The van der Waals surface area contributed by atoms with E-state index in [9.17, 15) is 19.2 Å². The Balaban J connectivity index is 1.27. The first kappa shape index (κ1) is 36.3. The fourth-order valence-corrected chi connectivity index (χ4v) is 4.39. The van der Waals surface area contributed by atoms with Crippen molar-refractivity contribution in [2.45, 2.75) is 26.3 Å². The average Bonchev–Trinajstić information content (AvgIpc) is 3.08. The van der Waals surface area contributed by atoms with Crippen LogP contribution in [0.15, 0.2) is 79.4 Å². The number of carboxylic acids is 1. The van der Waals surface area contributed by atoms with Gasteiger partial charge in [-0.05, 0) is 53.4 Å². The molecule has 0 aliphatic heterocycles. The molecule has 47 heavy (non-hydrogen) atoms. The van der Waals surface area contributed by atoms with E-state index in [0.29, 0.717) is 6.54 Å². The highest BCUT2D eigenvalue weighted by Crippen LogP contribution is 2.25. The summed E-state index contributed by atoms with van der Waals surface area (Å²) in [6.45, 7) is 7.10. The van der Waals surface area contributed by atoms with E-state index in [0.717, 1.165) is 28.8 Å². The van der Waals surface area contributed by atoms with E-state index in [2.05, 4.69) is 24.9 Å². The number of hydrogen-bond donors (Lipinski definition) is 2. The first-order valence-electron chi connectivity index (χ1n) is 15.1. The normalized spacial score (nSPS) is 10.5. The van der Waals surface area contributed by atoms with Gasteiger partial charge in [-0.25, -0.2) is 14.4 Å². The maximum atomic E-state index is 13.4. The number of nitrogens with zero attached hydrogens (tertiary/aromatic N) is 1. The highest BCUT2D eigenvalue weighted by Gasteiger charge is 2.19. The highest BCUT2D eigenvalue weighted by molar-refractivity contribution is 5.95. The maximum Gasteiger partial charge on any atom is 0.513 e. The van der Waals surface area contributed by atoms with Gasteiger partial charge in [-0.1, -0.05) is 62.0 Å². The van der Waals surface area contributed by atoms with Crippen LogP contribution in [-0.2, 0) is 36.7 Å². The minimum Gasteiger partial charge on any atom is -0.478 e. The number of aromatic carboxylic acids is 1. The number of para-hydroxylation sites is 1. The monoisotopic (exact) mass is 648 g/mol. The molecule has 0 unspecified atom stereocenters. The largest absolute Gasteiger partial charge is 0.513 e. The first-order valence-corrected chi connectivity index (χ1v) is 15.1. The molecule has 0 radical (unpaired) electrons. The van der Waals surface area contributed by atoms with E-state index in [-0.39, 0.29) is 69.8 Å². The fraction of sp³-hybridized carbons (Fsp3) is 0.314. The van der Waals surface area contributed by atoms with Gasteiger partial charge in [0.15, 0.2) is 0 Å². The summed E-state index contributed by atoms with van der Waals surface area (Å²) < 4.78 is 25.6. The molecule has 0 saturated heterocycles. The molecule has 2 amide bonds. The van der Waals surface area contributed by atoms with Crippen LogP contribution >= 0.6 is 0 Å². The Labute approximate surface area is 273 Å². The number of rotatable bonds is 19. The zero-order chi connectivity index (χ0) is 33.9. The number of amides is 2. The van der Waals surface area contributed by atoms with Crippen LogP contribution in [0.4, 0.5) is 15.3 Å². The van der Waals surface area contributed by atoms with Crippen LogP contribution in [0.3, 0.4) is 0 Å². The van der Waals surface area contributed by atoms with Gasteiger partial charge in [0.1, 0.15) is 19.0 Å². The number of aryl methyl sites for hydroxylation is 1. The van der Waals surface area contributed by atoms with Gasteiger partial charge in [0.2, 0.25) is 5.91 Å². The number of nitrogens with one attached hydrogen (secondary N) is 1. The van der Waals surface area contributed by atoms with Gasteiger partial charge in [0.25, 0.3) is 0 Å². The van der Waals surface area contributed by atoms with E-state index in [1.165, 1.54) is 24.3 Å². The molecule has 2 N–H and O–H groups in total. The van der Waals surface area contributed by atoms with Crippen LogP contribution in [0.1, 0.15) is 40.4 Å². The van der Waals surface area contributed by atoms with Crippen LogP contribution in [0.25, 0.3) is 6.08 Å². The Kier molecular flexibility index (Phi) is 15.5. The Bertz CT molecular complexity index is 1480. The first-order chi connectivity index (χ1) is 22.8. The average molecular weight is 649 g/mol. The third-order valence-electron chi connectivity index (χ3n) is 6.77.